The first-order valence-electron chi connectivity index (χ1n) is 5.75. The van der Waals surface area contributed by atoms with E-state index < -0.39 is 20.6 Å². The van der Waals surface area contributed by atoms with Crippen LogP contribution in [-0.4, -0.2) is 19.9 Å². The van der Waals surface area contributed by atoms with Crippen molar-refractivity contribution in [1.29, 1.82) is 0 Å². The van der Waals surface area contributed by atoms with Gasteiger partial charge in [0.25, 0.3) is 5.69 Å². The molecule has 20 heavy (non-hydrogen) atoms. The van der Waals surface area contributed by atoms with Crippen molar-refractivity contribution < 1.29 is 17.8 Å². The summed E-state index contributed by atoms with van der Waals surface area (Å²) in [5, 5.41) is 10.8. The van der Waals surface area contributed by atoms with Crippen molar-refractivity contribution in [1.82, 2.24) is 4.72 Å². The molecule has 0 aliphatic rings. The molecule has 0 spiro atoms. The SMILES string of the molecule is O=[N+]([O-])c1ccccc1S(=O)(=O)NCCc1ccoc1. The summed E-state index contributed by atoms with van der Waals surface area (Å²) in [6.45, 7) is 0.133. The number of nitrogens with zero attached hydrogens (tertiary/aromatic N) is 1. The summed E-state index contributed by atoms with van der Waals surface area (Å²) in [5.41, 5.74) is 0.401. The van der Waals surface area contributed by atoms with E-state index >= 15 is 0 Å². The van der Waals surface area contributed by atoms with Crippen LogP contribution in [0.3, 0.4) is 0 Å². The Balaban J connectivity index is 2.12. The lowest BCUT2D eigenvalue weighted by atomic mass is 10.2. The summed E-state index contributed by atoms with van der Waals surface area (Å²) in [4.78, 5) is 9.78. The van der Waals surface area contributed by atoms with Crippen molar-refractivity contribution in [2.45, 2.75) is 11.3 Å². The molecule has 1 heterocycles. The molecule has 1 aromatic heterocycles. The second kappa shape index (κ2) is 5.85. The standard InChI is InChI=1S/C12H12N2O5S/c15-14(16)11-3-1-2-4-12(11)20(17,18)13-7-5-10-6-8-19-9-10/h1-4,6,8-9,13H,5,7H2. The van der Waals surface area contributed by atoms with Crippen LogP contribution in [0.1, 0.15) is 5.56 Å². The summed E-state index contributed by atoms with van der Waals surface area (Å²) in [6.07, 6.45) is 3.45. The van der Waals surface area contributed by atoms with E-state index in [9.17, 15) is 18.5 Å². The van der Waals surface area contributed by atoms with Gasteiger partial charge in [0.15, 0.2) is 4.90 Å². The molecule has 0 bridgehead atoms. The Hall–Kier alpha value is -2.19. The Morgan fingerprint density at radius 3 is 2.65 bits per heavy atom. The lowest BCUT2D eigenvalue weighted by Crippen LogP contribution is -2.26. The molecule has 2 rings (SSSR count). The number of benzene rings is 1. The number of sulfonamides is 1. The van der Waals surface area contributed by atoms with Crippen molar-refractivity contribution in [3.05, 3.63) is 58.5 Å². The Bertz CT molecular complexity index is 694. The fraction of sp³-hybridized carbons (Fsp3) is 0.167. The number of nitro groups is 1. The predicted octanol–water partition coefficient (Wildman–Crippen LogP) is 1.71. The van der Waals surface area contributed by atoms with Crippen molar-refractivity contribution in [3.63, 3.8) is 0 Å². The zero-order valence-corrected chi connectivity index (χ0v) is 11.2. The van der Waals surface area contributed by atoms with Gasteiger partial charge < -0.3 is 4.42 Å². The van der Waals surface area contributed by atoms with E-state index in [0.29, 0.717) is 6.42 Å². The Morgan fingerprint density at radius 2 is 2.00 bits per heavy atom. The Morgan fingerprint density at radius 1 is 1.25 bits per heavy atom. The largest absolute Gasteiger partial charge is 0.472 e. The average molecular weight is 296 g/mol. The summed E-state index contributed by atoms with van der Waals surface area (Å²) < 4.78 is 31.3. The number of hydrogen-bond donors (Lipinski definition) is 1. The first kappa shape index (κ1) is 14.2. The summed E-state index contributed by atoms with van der Waals surface area (Å²) in [6, 6.07) is 6.95. The maximum Gasteiger partial charge on any atom is 0.289 e. The molecule has 106 valence electrons. The molecule has 0 atom stereocenters. The van der Waals surface area contributed by atoms with Crippen LogP contribution in [0.2, 0.25) is 0 Å². The molecule has 0 saturated carbocycles. The third kappa shape index (κ3) is 3.22. The van der Waals surface area contributed by atoms with E-state index in [-0.39, 0.29) is 11.4 Å². The highest BCUT2D eigenvalue weighted by molar-refractivity contribution is 7.89. The molecule has 7 nitrogen and oxygen atoms in total. The molecule has 0 aliphatic heterocycles. The van der Waals surface area contributed by atoms with Crippen molar-refractivity contribution in [3.8, 4) is 0 Å². The van der Waals surface area contributed by atoms with E-state index in [1.165, 1.54) is 30.7 Å². The molecule has 1 N–H and O–H groups in total. The van der Waals surface area contributed by atoms with Gasteiger partial charge >= 0.3 is 0 Å². The minimum atomic E-state index is -3.91. The zero-order chi connectivity index (χ0) is 14.6. The van der Waals surface area contributed by atoms with Crippen LogP contribution in [0.25, 0.3) is 0 Å². The number of nitro benzene ring substituents is 1. The zero-order valence-electron chi connectivity index (χ0n) is 10.4. The van der Waals surface area contributed by atoms with Crippen molar-refractivity contribution >= 4 is 15.7 Å². The molecule has 8 heteroatoms. The van der Waals surface area contributed by atoms with Gasteiger partial charge in [-0.1, -0.05) is 12.1 Å². The van der Waals surface area contributed by atoms with E-state index in [1.807, 2.05) is 0 Å². The molecular formula is C12H12N2O5S. The maximum atomic E-state index is 12.0. The highest BCUT2D eigenvalue weighted by atomic mass is 32.2. The van der Waals surface area contributed by atoms with Gasteiger partial charge in [0.05, 0.1) is 17.4 Å². The van der Waals surface area contributed by atoms with Gasteiger partial charge in [0.1, 0.15) is 0 Å². The Labute approximate surface area is 115 Å². The number of hydrogen-bond acceptors (Lipinski definition) is 5. The van der Waals surface area contributed by atoms with Gasteiger partial charge in [0, 0.05) is 12.6 Å². The van der Waals surface area contributed by atoms with Crippen LogP contribution in [-0.2, 0) is 16.4 Å². The highest BCUT2D eigenvalue weighted by Crippen LogP contribution is 2.22. The van der Waals surface area contributed by atoms with Gasteiger partial charge in [-0.3, -0.25) is 10.1 Å². The van der Waals surface area contributed by atoms with Crippen LogP contribution in [0.15, 0.2) is 52.2 Å². The fourth-order valence-electron chi connectivity index (χ4n) is 1.68. The number of furan rings is 1. The van der Waals surface area contributed by atoms with Gasteiger partial charge in [-0.15, -0.1) is 0 Å². The lowest BCUT2D eigenvalue weighted by molar-refractivity contribution is -0.387. The molecule has 0 radical (unpaired) electrons. The minimum Gasteiger partial charge on any atom is -0.472 e. The molecular weight excluding hydrogens is 284 g/mol. The highest BCUT2D eigenvalue weighted by Gasteiger charge is 2.24. The second-order valence-corrected chi connectivity index (χ2v) is 5.74. The average Bonchev–Trinajstić information content (AvgIpc) is 2.91. The van der Waals surface area contributed by atoms with Gasteiger partial charge in [0.2, 0.25) is 10.0 Å². The predicted molar refractivity (Wildman–Crippen MR) is 70.7 cm³/mol. The van der Waals surface area contributed by atoms with E-state index in [4.69, 9.17) is 4.42 Å². The number of nitrogens with one attached hydrogen (secondary N) is 1. The molecule has 0 fully saturated rings. The van der Waals surface area contributed by atoms with Gasteiger partial charge in [-0.2, -0.15) is 0 Å². The number of para-hydroxylation sites is 1. The first-order chi connectivity index (χ1) is 9.50. The quantitative estimate of drug-likeness (QED) is 0.645. The topological polar surface area (TPSA) is 102 Å². The number of rotatable bonds is 6. The molecule has 2 aromatic rings. The Kier molecular flexibility index (Phi) is 4.16. The van der Waals surface area contributed by atoms with Crippen LogP contribution in [0.4, 0.5) is 5.69 Å². The summed E-state index contributed by atoms with van der Waals surface area (Å²) in [7, 11) is -3.91. The lowest BCUT2D eigenvalue weighted by Gasteiger charge is -2.06. The van der Waals surface area contributed by atoms with Crippen LogP contribution in [0, 0.1) is 10.1 Å². The molecule has 1 aromatic carbocycles. The van der Waals surface area contributed by atoms with E-state index in [0.717, 1.165) is 11.6 Å². The smallest absolute Gasteiger partial charge is 0.289 e. The van der Waals surface area contributed by atoms with Crippen molar-refractivity contribution in [2.75, 3.05) is 6.54 Å². The van der Waals surface area contributed by atoms with Gasteiger partial charge in [-0.25, -0.2) is 13.1 Å². The van der Waals surface area contributed by atoms with Crippen LogP contribution < -0.4 is 4.72 Å². The summed E-state index contributed by atoms with van der Waals surface area (Å²) >= 11 is 0. The minimum absolute atomic E-state index is 0.133. The second-order valence-electron chi connectivity index (χ2n) is 4.00. The molecule has 0 saturated heterocycles. The fourth-order valence-corrected chi connectivity index (χ4v) is 2.88. The normalized spacial score (nSPS) is 11.4. The van der Waals surface area contributed by atoms with Crippen LogP contribution in [0.5, 0.6) is 0 Å². The van der Waals surface area contributed by atoms with E-state index in [2.05, 4.69) is 4.72 Å². The van der Waals surface area contributed by atoms with Gasteiger partial charge in [-0.05, 0) is 24.1 Å². The molecule has 0 aliphatic carbocycles. The van der Waals surface area contributed by atoms with Crippen molar-refractivity contribution in [2.24, 2.45) is 0 Å². The molecule has 0 amide bonds. The monoisotopic (exact) mass is 296 g/mol. The maximum absolute atomic E-state index is 12.0. The third-order valence-corrected chi connectivity index (χ3v) is 4.15. The van der Waals surface area contributed by atoms with Crippen LogP contribution >= 0.6 is 0 Å². The molecule has 0 unspecified atom stereocenters. The summed E-state index contributed by atoms with van der Waals surface area (Å²) in [5.74, 6) is 0. The first-order valence-corrected chi connectivity index (χ1v) is 7.23. The van der Waals surface area contributed by atoms with E-state index in [1.54, 1.807) is 6.07 Å². The third-order valence-electron chi connectivity index (χ3n) is 2.64.